The van der Waals surface area contributed by atoms with E-state index in [-0.39, 0.29) is 12.2 Å². The first-order valence-corrected chi connectivity index (χ1v) is 8.67. The Balaban J connectivity index is 1.96. The standard InChI is InChI=1S/C22H18N2O5/c1-4-11-29-18-10-7-15(13-19(18)28-3)12-17-20(25)23-22(27)24(21(17)26)16-8-5-14(2)6-9-16/h1,5-10,12-13H,11H2,2-3H3,(H,23,25,27)/b17-12+. The first-order chi connectivity index (χ1) is 13.9. The van der Waals surface area contributed by atoms with Crippen LogP contribution in [0.2, 0.25) is 0 Å². The molecule has 2 aromatic rings. The third-order valence-corrected chi connectivity index (χ3v) is 4.20. The number of amides is 4. The van der Waals surface area contributed by atoms with Crippen molar-refractivity contribution in [1.82, 2.24) is 5.32 Å². The van der Waals surface area contributed by atoms with Gasteiger partial charge in [0.05, 0.1) is 12.8 Å². The zero-order valence-electron chi connectivity index (χ0n) is 15.9. The molecule has 1 saturated heterocycles. The summed E-state index contributed by atoms with van der Waals surface area (Å²) in [4.78, 5) is 38.3. The van der Waals surface area contributed by atoms with Gasteiger partial charge in [-0.3, -0.25) is 14.9 Å². The predicted octanol–water partition coefficient (Wildman–Crippen LogP) is 2.68. The van der Waals surface area contributed by atoms with E-state index in [9.17, 15) is 14.4 Å². The van der Waals surface area contributed by atoms with Gasteiger partial charge in [0.1, 0.15) is 12.2 Å². The molecule has 3 rings (SSSR count). The monoisotopic (exact) mass is 390 g/mol. The smallest absolute Gasteiger partial charge is 0.335 e. The van der Waals surface area contributed by atoms with Crippen LogP contribution in [0.5, 0.6) is 11.5 Å². The van der Waals surface area contributed by atoms with Crippen LogP contribution in [-0.4, -0.2) is 31.6 Å². The van der Waals surface area contributed by atoms with Gasteiger partial charge in [0.25, 0.3) is 11.8 Å². The van der Waals surface area contributed by atoms with Crippen molar-refractivity contribution < 1.29 is 23.9 Å². The number of ether oxygens (including phenoxy) is 2. The summed E-state index contributed by atoms with van der Waals surface area (Å²) in [5, 5.41) is 2.19. The summed E-state index contributed by atoms with van der Waals surface area (Å²) in [5.74, 6) is 1.71. The maximum absolute atomic E-state index is 12.9. The lowest BCUT2D eigenvalue weighted by atomic mass is 10.1. The fourth-order valence-electron chi connectivity index (χ4n) is 2.77. The topological polar surface area (TPSA) is 84.9 Å². The minimum absolute atomic E-state index is 0.0747. The van der Waals surface area contributed by atoms with Crippen molar-refractivity contribution in [1.29, 1.82) is 0 Å². The van der Waals surface area contributed by atoms with E-state index in [0.717, 1.165) is 10.5 Å². The highest BCUT2D eigenvalue weighted by atomic mass is 16.5. The zero-order chi connectivity index (χ0) is 21.0. The Morgan fingerprint density at radius 3 is 2.48 bits per heavy atom. The van der Waals surface area contributed by atoms with E-state index in [2.05, 4.69) is 11.2 Å². The van der Waals surface area contributed by atoms with E-state index in [4.69, 9.17) is 15.9 Å². The number of hydrogen-bond donors (Lipinski definition) is 1. The minimum Gasteiger partial charge on any atom is -0.493 e. The molecule has 0 bridgehead atoms. The van der Waals surface area contributed by atoms with Crippen LogP contribution in [-0.2, 0) is 9.59 Å². The Morgan fingerprint density at radius 1 is 1.10 bits per heavy atom. The number of hydrogen-bond acceptors (Lipinski definition) is 5. The van der Waals surface area contributed by atoms with E-state index in [0.29, 0.717) is 22.7 Å². The van der Waals surface area contributed by atoms with Crippen LogP contribution in [0, 0.1) is 19.3 Å². The van der Waals surface area contributed by atoms with Crippen molar-refractivity contribution in [2.75, 3.05) is 18.6 Å². The van der Waals surface area contributed by atoms with Gasteiger partial charge in [-0.05, 0) is 42.8 Å². The third kappa shape index (κ3) is 4.12. The molecule has 1 heterocycles. The number of terminal acetylenes is 1. The van der Waals surface area contributed by atoms with Gasteiger partial charge in [0.2, 0.25) is 0 Å². The Bertz CT molecular complexity index is 1050. The maximum atomic E-state index is 12.9. The van der Waals surface area contributed by atoms with Gasteiger partial charge in [-0.15, -0.1) is 6.42 Å². The molecule has 1 fully saturated rings. The van der Waals surface area contributed by atoms with Crippen LogP contribution in [0.3, 0.4) is 0 Å². The summed E-state index contributed by atoms with van der Waals surface area (Å²) < 4.78 is 10.7. The summed E-state index contributed by atoms with van der Waals surface area (Å²) in [5.41, 5.74) is 1.69. The molecule has 146 valence electrons. The number of carbonyl (C=O) groups excluding carboxylic acids is 3. The lowest BCUT2D eigenvalue weighted by Gasteiger charge is -2.26. The van der Waals surface area contributed by atoms with E-state index in [1.54, 1.807) is 42.5 Å². The number of carbonyl (C=O) groups is 3. The van der Waals surface area contributed by atoms with E-state index >= 15 is 0 Å². The van der Waals surface area contributed by atoms with Gasteiger partial charge in [0, 0.05) is 0 Å². The first-order valence-electron chi connectivity index (χ1n) is 8.67. The summed E-state index contributed by atoms with van der Waals surface area (Å²) in [7, 11) is 1.46. The van der Waals surface area contributed by atoms with Crippen LogP contribution >= 0.6 is 0 Å². The largest absolute Gasteiger partial charge is 0.493 e. The SMILES string of the molecule is C#CCOc1ccc(/C=C2\C(=O)NC(=O)N(c3ccc(C)cc3)C2=O)cc1OC. The van der Waals surface area contributed by atoms with Gasteiger partial charge in [-0.1, -0.05) is 29.7 Å². The van der Waals surface area contributed by atoms with Crippen molar-refractivity contribution in [3.8, 4) is 23.8 Å². The fourth-order valence-corrected chi connectivity index (χ4v) is 2.77. The number of nitrogens with one attached hydrogen (secondary N) is 1. The quantitative estimate of drug-likeness (QED) is 0.482. The average molecular weight is 390 g/mol. The molecular weight excluding hydrogens is 372 g/mol. The second-order valence-corrected chi connectivity index (χ2v) is 6.20. The maximum Gasteiger partial charge on any atom is 0.335 e. The summed E-state index contributed by atoms with van der Waals surface area (Å²) >= 11 is 0. The molecular formula is C22H18N2O5. The van der Waals surface area contributed by atoms with Gasteiger partial charge in [0.15, 0.2) is 11.5 Å². The van der Waals surface area contributed by atoms with Crippen molar-refractivity contribution in [2.24, 2.45) is 0 Å². The average Bonchev–Trinajstić information content (AvgIpc) is 2.71. The van der Waals surface area contributed by atoms with E-state index < -0.39 is 17.8 Å². The number of rotatable bonds is 5. The second-order valence-electron chi connectivity index (χ2n) is 6.20. The number of benzene rings is 2. The summed E-state index contributed by atoms with van der Waals surface area (Å²) in [6.45, 7) is 1.96. The number of anilines is 1. The Hall–Kier alpha value is -4.05. The highest BCUT2D eigenvalue weighted by Gasteiger charge is 2.36. The number of barbiturate groups is 1. The van der Waals surface area contributed by atoms with Gasteiger partial charge in [-0.2, -0.15) is 0 Å². The highest BCUT2D eigenvalue weighted by molar-refractivity contribution is 6.39. The third-order valence-electron chi connectivity index (χ3n) is 4.20. The number of imide groups is 2. The molecule has 0 saturated carbocycles. The molecule has 0 spiro atoms. The van der Waals surface area contributed by atoms with Gasteiger partial charge >= 0.3 is 6.03 Å². The van der Waals surface area contributed by atoms with Crippen LogP contribution in [0.1, 0.15) is 11.1 Å². The summed E-state index contributed by atoms with van der Waals surface area (Å²) in [6.07, 6.45) is 6.58. The van der Waals surface area contributed by atoms with Gasteiger partial charge < -0.3 is 9.47 Å². The van der Waals surface area contributed by atoms with Crippen LogP contribution in [0.15, 0.2) is 48.0 Å². The molecule has 2 aromatic carbocycles. The van der Waals surface area contributed by atoms with Crippen LogP contribution < -0.4 is 19.7 Å². The number of nitrogens with zero attached hydrogens (tertiary/aromatic N) is 1. The molecule has 0 unspecified atom stereocenters. The molecule has 1 aliphatic heterocycles. The number of urea groups is 1. The second kappa shape index (κ2) is 8.31. The van der Waals surface area contributed by atoms with Crippen LogP contribution in [0.4, 0.5) is 10.5 Å². The molecule has 1 N–H and O–H groups in total. The van der Waals surface area contributed by atoms with Crippen molar-refractivity contribution in [2.45, 2.75) is 6.92 Å². The molecule has 0 aliphatic carbocycles. The predicted molar refractivity (Wildman–Crippen MR) is 108 cm³/mol. The number of aryl methyl sites for hydroxylation is 1. The minimum atomic E-state index is -0.795. The van der Waals surface area contributed by atoms with Crippen molar-refractivity contribution in [3.63, 3.8) is 0 Å². The van der Waals surface area contributed by atoms with Crippen LogP contribution in [0.25, 0.3) is 6.08 Å². The number of methoxy groups -OCH3 is 1. The Kier molecular flexibility index (Phi) is 5.65. The van der Waals surface area contributed by atoms with Gasteiger partial charge in [-0.25, -0.2) is 9.69 Å². The lowest BCUT2D eigenvalue weighted by Crippen LogP contribution is -2.54. The molecule has 0 atom stereocenters. The molecule has 29 heavy (non-hydrogen) atoms. The van der Waals surface area contributed by atoms with E-state index in [1.807, 2.05) is 6.92 Å². The zero-order valence-corrected chi connectivity index (χ0v) is 15.9. The highest BCUT2D eigenvalue weighted by Crippen LogP contribution is 2.29. The fraction of sp³-hybridized carbons (Fsp3) is 0.136. The molecule has 0 aromatic heterocycles. The van der Waals surface area contributed by atoms with E-state index in [1.165, 1.54) is 13.2 Å². The molecule has 0 radical (unpaired) electrons. The van der Waals surface area contributed by atoms with Crippen molar-refractivity contribution in [3.05, 3.63) is 59.2 Å². The molecule has 7 nitrogen and oxygen atoms in total. The Labute approximate surface area is 167 Å². The lowest BCUT2D eigenvalue weighted by molar-refractivity contribution is -0.122. The molecule has 4 amide bonds. The first kappa shape index (κ1) is 19.7. The summed E-state index contributed by atoms with van der Waals surface area (Å²) in [6, 6.07) is 10.9. The normalized spacial score (nSPS) is 15.1. The molecule has 7 heteroatoms. The molecule has 1 aliphatic rings. The Morgan fingerprint density at radius 2 is 1.83 bits per heavy atom. The van der Waals surface area contributed by atoms with Crippen molar-refractivity contribution >= 4 is 29.6 Å².